The molecule has 3 rings (SSSR count). The third kappa shape index (κ3) is 1.82. The molecule has 0 amide bonds. The van der Waals surface area contributed by atoms with E-state index >= 15 is 0 Å². The van der Waals surface area contributed by atoms with Gasteiger partial charge in [-0.3, -0.25) is 0 Å². The Morgan fingerprint density at radius 2 is 1.83 bits per heavy atom. The van der Waals surface area contributed by atoms with E-state index in [4.69, 9.17) is 14.7 Å². The number of hydrogen-bond donors (Lipinski definition) is 1. The Hall–Kier alpha value is -2.01. The molecule has 0 aliphatic heterocycles. The second-order valence-corrected chi connectivity index (χ2v) is 4.71. The van der Waals surface area contributed by atoms with Crippen LogP contribution in [-0.4, -0.2) is 5.16 Å². The van der Waals surface area contributed by atoms with Crippen molar-refractivity contribution < 1.29 is 8.94 Å². The fourth-order valence-corrected chi connectivity index (χ4v) is 2.05. The maximum absolute atomic E-state index is 5.87. The van der Waals surface area contributed by atoms with E-state index in [-0.39, 0.29) is 0 Å². The van der Waals surface area contributed by atoms with Gasteiger partial charge in [0.1, 0.15) is 6.26 Å². The van der Waals surface area contributed by atoms with E-state index < -0.39 is 0 Å². The predicted molar refractivity (Wildman–Crippen MR) is 71.8 cm³/mol. The fourth-order valence-electron chi connectivity index (χ4n) is 1.79. The summed E-state index contributed by atoms with van der Waals surface area (Å²) in [6.45, 7) is 0. The van der Waals surface area contributed by atoms with Gasteiger partial charge in [0, 0.05) is 4.47 Å². The largest absolute Gasteiger partial charge is 0.472 e. The van der Waals surface area contributed by atoms with Crippen molar-refractivity contribution in [3.8, 4) is 22.5 Å². The van der Waals surface area contributed by atoms with Crippen LogP contribution < -0.4 is 5.73 Å². The SMILES string of the molecule is Nc1noc(-c2ccoc2)c1-c1ccc(Br)cc1. The van der Waals surface area contributed by atoms with Crippen molar-refractivity contribution in [1.82, 2.24) is 5.16 Å². The molecule has 0 saturated heterocycles. The molecule has 0 saturated carbocycles. The molecule has 90 valence electrons. The van der Waals surface area contributed by atoms with Gasteiger partial charge in [-0.1, -0.05) is 33.2 Å². The highest BCUT2D eigenvalue weighted by Gasteiger charge is 2.18. The molecular formula is C13H9BrN2O2. The minimum absolute atomic E-state index is 0.369. The average Bonchev–Trinajstić information content (AvgIpc) is 2.99. The standard InChI is InChI=1S/C13H9BrN2O2/c14-10-3-1-8(2-4-10)11-12(18-16-13(11)15)9-5-6-17-7-9/h1-7H,(H2,15,16). The van der Waals surface area contributed by atoms with Crippen molar-refractivity contribution in [3.63, 3.8) is 0 Å². The highest BCUT2D eigenvalue weighted by molar-refractivity contribution is 9.10. The molecule has 0 spiro atoms. The molecule has 2 aromatic heterocycles. The smallest absolute Gasteiger partial charge is 0.180 e. The average molecular weight is 305 g/mol. The number of furan rings is 1. The van der Waals surface area contributed by atoms with Crippen molar-refractivity contribution in [2.24, 2.45) is 0 Å². The summed E-state index contributed by atoms with van der Waals surface area (Å²) in [6.07, 6.45) is 3.18. The topological polar surface area (TPSA) is 65.2 Å². The van der Waals surface area contributed by atoms with Crippen molar-refractivity contribution >= 4 is 21.7 Å². The molecule has 1 aromatic carbocycles. The quantitative estimate of drug-likeness (QED) is 0.778. The van der Waals surface area contributed by atoms with Gasteiger partial charge in [0.15, 0.2) is 11.6 Å². The van der Waals surface area contributed by atoms with E-state index in [0.717, 1.165) is 21.2 Å². The van der Waals surface area contributed by atoms with Crippen LogP contribution in [0.1, 0.15) is 0 Å². The number of anilines is 1. The first-order valence-corrected chi connectivity index (χ1v) is 6.08. The zero-order chi connectivity index (χ0) is 12.5. The first-order valence-electron chi connectivity index (χ1n) is 5.29. The summed E-state index contributed by atoms with van der Waals surface area (Å²) in [7, 11) is 0. The zero-order valence-corrected chi connectivity index (χ0v) is 10.8. The molecule has 0 unspecified atom stereocenters. The molecule has 0 bridgehead atoms. The maximum Gasteiger partial charge on any atom is 0.180 e. The van der Waals surface area contributed by atoms with Gasteiger partial charge in [-0.2, -0.15) is 0 Å². The van der Waals surface area contributed by atoms with E-state index in [0.29, 0.717) is 11.6 Å². The molecule has 2 N–H and O–H groups in total. The second kappa shape index (κ2) is 4.34. The van der Waals surface area contributed by atoms with Crippen LogP contribution in [-0.2, 0) is 0 Å². The Kier molecular flexibility index (Phi) is 2.68. The van der Waals surface area contributed by atoms with Gasteiger partial charge < -0.3 is 14.7 Å². The van der Waals surface area contributed by atoms with E-state index in [2.05, 4.69) is 21.1 Å². The van der Waals surface area contributed by atoms with E-state index in [1.807, 2.05) is 30.3 Å². The third-order valence-electron chi connectivity index (χ3n) is 2.63. The van der Waals surface area contributed by atoms with Crippen LogP contribution in [0.4, 0.5) is 5.82 Å². The number of benzene rings is 1. The third-order valence-corrected chi connectivity index (χ3v) is 3.16. The lowest BCUT2D eigenvalue weighted by atomic mass is 10.0. The Labute approximate surface area is 112 Å². The van der Waals surface area contributed by atoms with Gasteiger partial charge in [0.2, 0.25) is 0 Å². The molecule has 18 heavy (non-hydrogen) atoms. The van der Waals surface area contributed by atoms with Crippen molar-refractivity contribution in [1.29, 1.82) is 0 Å². The summed E-state index contributed by atoms with van der Waals surface area (Å²) in [5, 5.41) is 3.82. The summed E-state index contributed by atoms with van der Waals surface area (Å²) < 4.78 is 11.3. The van der Waals surface area contributed by atoms with Crippen LogP contribution in [0.3, 0.4) is 0 Å². The van der Waals surface area contributed by atoms with E-state index in [1.54, 1.807) is 12.5 Å². The number of hydrogen-bond acceptors (Lipinski definition) is 4. The number of nitrogen functional groups attached to an aromatic ring is 1. The molecule has 5 heteroatoms. The van der Waals surface area contributed by atoms with Gasteiger partial charge in [0.25, 0.3) is 0 Å². The molecule has 0 fully saturated rings. The van der Waals surface area contributed by atoms with Gasteiger partial charge in [-0.25, -0.2) is 0 Å². The summed E-state index contributed by atoms with van der Waals surface area (Å²) in [5.41, 5.74) is 8.42. The lowest BCUT2D eigenvalue weighted by Gasteiger charge is -2.01. The predicted octanol–water partition coefficient (Wildman–Crippen LogP) is 3.95. The van der Waals surface area contributed by atoms with Crippen LogP contribution >= 0.6 is 15.9 Å². The van der Waals surface area contributed by atoms with Gasteiger partial charge in [-0.15, -0.1) is 0 Å². The maximum atomic E-state index is 5.87. The fraction of sp³-hybridized carbons (Fsp3) is 0. The Morgan fingerprint density at radius 3 is 2.50 bits per heavy atom. The number of nitrogens with two attached hydrogens (primary N) is 1. The monoisotopic (exact) mass is 304 g/mol. The van der Waals surface area contributed by atoms with Crippen LogP contribution in [0, 0.1) is 0 Å². The summed E-state index contributed by atoms with van der Waals surface area (Å²) in [5.74, 6) is 0.983. The van der Waals surface area contributed by atoms with E-state index in [1.165, 1.54) is 0 Å². The summed E-state index contributed by atoms with van der Waals surface area (Å²) >= 11 is 3.40. The Balaban J connectivity index is 2.17. The molecule has 4 nitrogen and oxygen atoms in total. The molecule has 0 aliphatic rings. The highest BCUT2D eigenvalue weighted by atomic mass is 79.9. The number of halogens is 1. The summed E-state index contributed by atoms with van der Waals surface area (Å²) in [6, 6.07) is 9.61. The Morgan fingerprint density at radius 1 is 1.06 bits per heavy atom. The highest BCUT2D eigenvalue weighted by Crippen LogP contribution is 2.36. The van der Waals surface area contributed by atoms with Crippen molar-refractivity contribution in [2.75, 3.05) is 5.73 Å². The van der Waals surface area contributed by atoms with Crippen LogP contribution in [0.2, 0.25) is 0 Å². The van der Waals surface area contributed by atoms with Gasteiger partial charge >= 0.3 is 0 Å². The molecule has 3 aromatic rings. The lowest BCUT2D eigenvalue weighted by Crippen LogP contribution is -1.88. The summed E-state index contributed by atoms with van der Waals surface area (Å²) in [4.78, 5) is 0. The zero-order valence-electron chi connectivity index (χ0n) is 9.26. The molecule has 0 atom stereocenters. The van der Waals surface area contributed by atoms with Crippen molar-refractivity contribution in [3.05, 3.63) is 47.3 Å². The first-order chi connectivity index (χ1) is 8.75. The van der Waals surface area contributed by atoms with Crippen LogP contribution in [0.15, 0.2) is 56.3 Å². The van der Waals surface area contributed by atoms with Crippen LogP contribution in [0.25, 0.3) is 22.5 Å². The molecule has 2 heterocycles. The molecular weight excluding hydrogens is 296 g/mol. The minimum atomic E-state index is 0.369. The Bertz CT molecular complexity index is 657. The molecule has 0 radical (unpaired) electrons. The molecule has 0 aliphatic carbocycles. The lowest BCUT2D eigenvalue weighted by molar-refractivity contribution is 0.435. The van der Waals surface area contributed by atoms with Crippen LogP contribution in [0.5, 0.6) is 0 Å². The number of nitrogens with zero attached hydrogens (tertiary/aromatic N) is 1. The minimum Gasteiger partial charge on any atom is -0.472 e. The second-order valence-electron chi connectivity index (χ2n) is 3.79. The van der Waals surface area contributed by atoms with Gasteiger partial charge in [0.05, 0.1) is 17.4 Å². The van der Waals surface area contributed by atoms with E-state index in [9.17, 15) is 0 Å². The normalized spacial score (nSPS) is 10.7. The first kappa shape index (κ1) is 11.1. The van der Waals surface area contributed by atoms with Gasteiger partial charge in [-0.05, 0) is 23.8 Å². The van der Waals surface area contributed by atoms with Crippen molar-refractivity contribution in [2.45, 2.75) is 0 Å². The number of rotatable bonds is 2. The number of aromatic nitrogens is 1.